The minimum Gasteiger partial charge on any atom is -0.497 e. The first-order valence-electron chi connectivity index (χ1n) is 12.1. The number of para-hydroxylation sites is 2. The number of rotatable bonds is 5. The van der Waals surface area contributed by atoms with Crippen LogP contribution in [0.4, 0.5) is 10.5 Å². The molecule has 1 saturated carbocycles. The van der Waals surface area contributed by atoms with Crippen LogP contribution in [0.5, 0.6) is 11.5 Å². The monoisotopic (exact) mass is 463 g/mol. The average Bonchev–Trinajstić information content (AvgIpc) is 3.60. The Labute approximate surface area is 201 Å². The first kappa shape index (κ1) is 22.6. The lowest BCUT2D eigenvalue weighted by atomic mass is 9.78. The van der Waals surface area contributed by atoms with E-state index in [9.17, 15) is 9.59 Å². The van der Waals surface area contributed by atoms with E-state index in [1.165, 1.54) is 0 Å². The molecule has 1 aliphatic carbocycles. The molecule has 0 unspecified atom stereocenters. The van der Waals surface area contributed by atoms with E-state index in [0.29, 0.717) is 24.5 Å². The molecule has 180 valence electrons. The van der Waals surface area contributed by atoms with Crippen LogP contribution in [-0.4, -0.2) is 62.1 Å². The van der Waals surface area contributed by atoms with Crippen LogP contribution in [0, 0.1) is 5.41 Å². The molecule has 3 amide bonds. The van der Waals surface area contributed by atoms with E-state index in [2.05, 4.69) is 10.2 Å². The highest BCUT2D eigenvalue weighted by atomic mass is 16.5. The highest BCUT2D eigenvalue weighted by Gasteiger charge is 2.55. The molecule has 2 heterocycles. The smallest absolute Gasteiger partial charge is 0.321 e. The zero-order chi connectivity index (χ0) is 23.8. The lowest BCUT2D eigenvalue weighted by molar-refractivity contribution is -0.133. The molecule has 1 spiro atoms. The minimum atomic E-state index is -0.354. The molecule has 2 aliphatic heterocycles. The van der Waals surface area contributed by atoms with E-state index in [1.807, 2.05) is 53.4 Å². The van der Waals surface area contributed by atoms with E-state index in [0.717, 1.165) is 56.5 Å². The zero-order valence-corrected chi connectivity index (χ0v) is 20.0. The summed E-state index contributed by atoms with van der Waals surface area (Å²) in [5, 5.41) is 2.98. The number of hydrogen-bond donors (Lipinski definition) is 1. The Morgan fingerprint density at radius 3 is 2.09 bits per heavy atom. The summed E-state index contributed by atoms with van der Waals surface area (Å²) in [4.78, 5) is 30.4. The molecule has 1 N–H and O–H groups in total. The zero-order valence-electron chi connectivity index (χ0n) is 20.0. The SMILES string of the molecule is COc1ccc(C2(C(=O)N3CCC4(CCN(C(=O)Nc5ccccc5OC)CC4)C3)CC2)cc1. The van der Waals surface area contributed by atoms with Crippen molar-refractivity contribution in [2.24, 2.45) is 5.41 Å². The highest BCUT2D eigenvalue weighted by molar-refractivity contribution is 5.92. The Hall–Kier alpha value is -3.22. The van der Waals surface area contributed by atoms with Crippen molar-refractivity contribution in [3.63, 3.8) is 0 Å². The summed E-state index contributed by atoms with van der Waals surface area (Å²) in [6.07, 6.45) is 4.69. The minimum absolute atomic E-state index is 0.0956. The van der Waals surface area contributed by atoms with E-state index in [-0.39, 0.29) is 22.8 Å². The van der Waals surface area contributed by atoms with Crippen molar-refractivity contribution in [3.8, 4) is 11.5 Å². The Morgan fingerprint density at radius 1 is 0.824 bits per heavy atom. The quantitative estimate of drug-likeness (QED) is 0.719. The van der Waals surface area contributed by atoms with E-state index >= 15 is 0 Å². The second kappa shape index (κ2) is 8.85. The maximum Gasteiger partial charge on any atom is 0.321 e. The van der Waals surface area contributed by atoms with Gasteiger partial charge < -0.3 is 24.6 Å². The van der Waals surface area contributed by atoms with Crippen LogP contribution in [0.15, 0.2) is 48.5 Å². The van der Waals surface area contributed by atoms with Gasteiger partial charge in [-0.1, -0.05) is 24.3 Å². The highest BCUT2D eigenvalue weighted by Crippen LogP contribution is 2.51. The van der Waals surface area contributed by atoms with Crippen molar-refractivity contribution in [1.29, 1.82) is 0 Å². The largest absolute Gasteiger partial charge is 0.497 e. The molecule has 7 heteroatoms. The van der Waals surface area contributed by atoms with Crippen LogP contribution in [0.25, 0.3) is 0 Å². The molecule has 5 rings (SSSR count). The van der Waals surface area contributed by atoms with E-state index in [4.69, 9.17) is 9.47 Å². The first-order valence-corrected chi connectivity index (χ1v) is 12.1. The van der Waals surface area contributed by atoms with Gasteiger partial charge in [-0.25, -0.2) is 4.79 Å². The fourth-order valence-electron chi connectivity index (χ4n) is 5.61. The molecule has 3 aliphatic rings. The number of anilines is 1. The van der Waals surface area contributed by atoms with Gasteiger partial charge in [0.1, 0.15) is 11.5 Å². The van der Waals surface area contributed by atoms with Gasteiger partial charge in [-0.2, -0.15) is 0 Å². The first-order chi connectivity index (χ1) is 16.5. The Morgan fingerprint density at radius 2 is 1.47 bits per heavy atom. The number of urea groups is 1. The van der Waals surface area contributed by atoms with Crippen LogP contribution >= 0.6 is 0 Å². The fraction of sp³-hybridized carbons (Fsp3) is 0.481. The summed E-state index contributed by atoms with van der Waals surface area (Å²) < 4.78 is 10.6. The van der Waals surface area contributed by atoms with Gasteiger partial charge in [-0.3, -0.25) is 4.79 Å². The average molecular weight is 464 g/mol. The van der Waals surface area contributed by atoms with Crippen LogP contribution < -0.4 is 14.8 Å². The van der Waals surface area contributed by atoms with Crippen molar-refractivity contribution < 1.29 is 19.1 Å². The fourth-order valence-corrected chi connectivity index (χ4v) is 5.61. The lowest BCUT2D eigenvalue weighted by Gasteiger charge is -2.39. The molecule has 2 aromatic rings. The van der Waals surface area contributed by atoms with Crippen molar-refractivity contribution in [2.45, 2.75) is 37.5 Å². The van der Waals surface area contributed by atoms with Crippen molar-refractivity contribution in [3.05, 3.63) is 54.1 Å². The Bertz CT molecular complexity index is 1060. The molecular weight excluding hydrogens is 430 g/mol. The number of amides is 3. The third kappa shape index (κ3) is 4.08. The summed E-state index contributed by atoms with van der Waals surface area (Å²) >= 11 is 0. The summed E-state index contributed by atoms with van der Waals surface area (Å²) in [5.74, 6) is 1.74. The number of nitrogens with one attached hydrogen (secondary N) is 1. The number of hydrogen-bond acceptors (Lipinski definition) is 4. The van der Waals surface area contributed by atoms with Crippen LogP contribution in [0.3, 0.4) is 0 Å². The van der Waals surface area contributed by atoms with Gasteiger partial charge in [0.25, 0.3) is 0 Å². The number of likely N-dealkylation sites (tertiary alicyclic amines) is 2. The van der Waals surface area contributed by atoms with E-state index < -0.39 is 0 Å². The van der Waals surface area contributed by atoms with Crippen molar-refractivity contribution >= 4 is 17.6 Å². The molecule has 0 bridgehead atoms. The number of methoxy groups -OCH3 is 2. The predicted molar refractivity (Wildman–Crippen MR) is 130 cm³/mol. The maximum atomic E-state index is 13.6. The van der Waals surface area contributed by atoms with Gasteiger partial charge in [0.15, 0.2) is 0 Å². The number of nitrogens with zero attached hydrogens (tertiary/aromatic N) is 2. The molecule has 0 aromatic heterocycles. The molecule has 0 atom stereocenters. The summed E-state index contributed by atoms with van der Waals surface area (Å²) in [6.45, 7) is 3.01. The van der Waals surface area contributed by atoms with Crippen LogP contribution in [0.2, 0.25) is 0 Å². The van der Waals surface area contributed by atoms with Gasteiger partial charge in [0.2, 0.25) is 5.91 Å². The molecular formula is C27H33N3O4. The van der Waals surface area contributed by atoms with Gasteiger partial charge >= 0.3 is 6.03 Å². The standard InChI is InChI=1S/C27H33N3O4/c1-33-21-9-7-20(8-10-21)27(11-12-27)24(31)30-18-15-26(19-30)13-16-29(17-14-26)25(32)28-22-5-3-4-6-23(22)34-2/h3-10H,11-19H2,1-2H3,(H,28,32). The molecule has 2 aromatic carbocycles. The van der Waals surface area contributed by atoms with Gasteiger partial charge in [-0.15, -0.1) is 0 Å². The number of ether oxygens (including phenoxy) is 2. The van der Waals surface area contributed by atoms with Gasteiger partial charge in [0.05, 0.1) is 25.3 Å². The van der Waals surface area contributed by atoms with Crippen LogP contribution in [-0.2, 0) is 10.2 Å². The number of carbonyl (C=O) groups is 2. The van der Waals surface area contributed by atoms with Gasteiger partial charge in [-0.05, 0) is 67.3 Å². The summed E-state index contributed by atoms with van der Waals surface area (Å²) in [6, 6.07) is 15.3. The normalized spacial score (nSPS) is 20.2. The lowest BCUT2D eigenvalue weighted by Crippen LogP contribution is -2.46. The van der Waals surface area contributed by atoms with E-state index in [1.54, 1.807) is 14.2 Å². The number of piperidine rings is 1. The van der Waals surface area contributed by atoms with Crippen molar-refractivity contribution in [1.82, 2.24) is 9.80 Å². The summed E-state index contributed by atoms with van der Waals surface area (Å²) in [7, 11) is 3.26. The molecule has 7 nitrogen and oxygen atoms in total. The Balaban J connectivity index is 1.18. The Kier molecular flexibility index (Phi) is 5.88. The topological polar surface area (TPSA) is 71.1 Å². The number of carbonyl (C=O) groups excluding carboxylic acids is 2. The van der Waals surface area contributed by atoms with Gasteiger partial charge in [0, 0.05) is 26.2 Å². The second-order valence-corrected chi connectivity index (χ2v) is 9.90. The van der Waals surface area contributed by atoms with Crippen LogP contribution in [0.1, 0.15) is 37.7 Å². The van der Waals surface area contributed by atoms with Crippen molar-refractivity contribution in [2.75, 3.05) is 45.7 Å². The second-order valence-electron chi connectivity index (χ2n) is 9.90. The molecule has 3 fully saturated rings. The summed E-state index contributed by atoms with van der Waals surface area (Å²) in [5.41, 5.74) is 1.54. The third-order valence-corrected chi connectivity index (χ3v) is 7.99. The predicted octanol–water partition coefficient (Wildman–Crippen LogP) is 4.28. The molecule has 0 radical (unpaired) electrons. The number of benzene rings is 2. The molecule has 2 saturated heterocycles. The molecule has 34 heavy (non-hydrogen) atoms. The maximum absolute atomic E-state index is 13.6. The third-order valence-electron chi connectivity index (χ3n) is 7.99.